The van der Waals surface area contributed by atoms with E-state index < -0.39 is 29.7 Å². The van der Waals surface area contributed by atoms with Crippen LogP contribution in [0.25, 0.3) is 0 Å². The lowest BCUT2D eigenvalue weighted by Gasteiger charge is -2.38. The van der Waals surface area contributed by atoms with E-state index in [9.17, 15) is 18.4 Å². The molecule has 0 aromatic heterocycles. The number of nitrogens with zero attached hydrogens (tertiary/aromatic N) is 2. The van der Waals surface area contributed by atoms with Crippen LogP contribution >= 0.6 is 0 Å². The normalized spacial score (nSPS) is 18.8. The predicted molar refractivity (Wildman–Crippen MR) is 129 cm³/mol. The van der Waals surface area contributed by atoms with E-state index in [1.807, 2.05) is 0 Å². The summed E-state index contributed by atoms with van der Waals surface area (Å²) in [7, 11) is 0. The first-order chi connectivity index (χ1) is 16.8. The highest BCUT2D eigenvalue weighted by molar-refractivity contribution is 5.95. The van der Waals surface area contributed by atoms with Gasteiger partial charge in [0.1, 0.15) is 0 Å². The Morgan fingerprint density at radius 3 is 2.46 bits per heavy atom. The fourth-order valence-electron chi connectivity index (χ4n) is 4.67. The molecule has 1 fully saturated rings. The number of aryl methyl sites for hydroxylation is 2. The smallest absolute Gasteiger partial charge is 0.338 e. The zero-order valence-electron chi connectivity index (χ0n) is 20.2. The number of halogens is 2. The topological polar surface area (TPSA) is 73.9 Å². The zero-order valence-corrected chi connectivity index (χ0v) is 20.2. The number of nitrogens with one attached hydrogen (secondary N) is 2. The minimum Gasteiger partial charge on any atom is -0.463 e. The van der Waals surface area contributed by atoms with Crippen molar-refractivity contribution in [2.75, 3.05) is 44.2 Å². The van der Waals surface area contributed by atoms with Crippen LogP contribution in [0.15, 0.2) is 47.7 Å². The lowest BCUT2D eigenvalue weighted by atomic mass is 9.94. The Hall–Kier alpha value is -3.46. The van der Waals surface area contributed by atoms with Crippen molar-refractivity contribution >= 4 is 17.7 Å². The maximum Gasteiger partial charge on any atom is 0.338 e. The molecule has 9 heteroatoms. The van der Waals surface area contributed by atoms with E-state index in [1.54, 1.807) is 6.92 Å². The van der Waals surface area contributed by atoms with Gasteiger partial charge in [-0.15, -0.1) is 0 Å². The summed E-state index contributed by atoms with van der Waals surface area (Å²) >= 11 is 0. The lowest BCUT2D eigenvalue weighted by molar-refractivity contribution is -0.139. The Labute approximate surface area is 203 Å². The molecule has 0 radical (unpaired) electrons. The van der Waals surface area contributed by atoms with E-state index in [4.69, 9.17) is 4.74 Å². The number of carbonyl (C=O) groups excluding carboxylic acids is 2. The Morgan fingerprint density at radius 2 is 1.80 bits per heavy atom. The van der Waals surface area contributed by atoms with Crippen LogP contribution in [0.2, 0.25) is 0 Å². The molecular formula is C26H30F2N4O3. The Balaban J connectivity index is 1.57. The summed E-state index contributed by atoms with van der Waals surface area (Å²) in [5.41, 5.74) is 4.51. The van der Waals surface area contributed by atoms with E-state index in [1.165, 1.54) is 22.9 Å². The van der Waals surface area contributed by atoms with E-state index in [2.05, 4.69) is 52.5 Å². The minimum absolute atomic E-state index is 0.142. The van der Waals surface area contributed by atoms with Crippen molar-refractivity contribution in [3.8, 4) is 0 Å². The molecule has 0 spiro atoms. The van der Waals surface area contributed by atoms with Crippen LogP contribution in [-0.2, 0) is 9.53 Å². The summed E-state index contributed by atoms with van der Waals surface area (Å²) in [4.78, 5) is 29.9. The van der Waals surface area contributed by atoms with Crippen molar-refractivity contribution in [3.05, 3.63) is 76.0 Å². The molecule has 0 bridgehead atoms. The van der Waals surface area contributed by atoms with Crippen molar-refractivity contribution in [2.45, 2.75) is 26.8 Å². The Kier molecular flexibility index (Phi) is 7.35. The van der Waals surface area contributed by atoms with Crippen molar-refractivity contribution in [1.29, 1.82) is 0 Å². The predicted octanol–water partition coefficient (Wildman–Crippen LogP) is 3.57. The lowest BCUT2D eigenvalue weighted by Crippen LogP contribution is -2.52. The number of rotatable bonds is 6. The third-order valence-corrected chi connectivity index (χ3v) is 6.37. The Morgan fingerprint density at radius 1 is 1.06 bits per heavy atom. The fourth-order valence-corrected chi connectivity index (χ4v) is 4.67. The second-order valence-corrected chi connectivity index (χ2v) is 8.87. The minimum atomic E-state index is -1.05. The highest BCUT2D eigenvalue weighted by atomic mass is 19.2. The van der Waals surface area contributed by atoms with E-state index in [0.29, 0.717) is 12.2 Å². The first-order valence-electron chi connectivity index (χ1n) is 11.7. The van der Waals surface area contributed by atoms with Crippen molar-refractivity contribution in [2.24, 2.45) is 0 Å². The molecule has 0 aliphatic carbocycles. The van der Waals surface area contributed by atoms with Gasteiger partial charge in [0.25, 0.3) is 0 Å². The summed E-state index contributed by atoms with van der Waals surface area (Å²) < 4.78 is 32.7. The number of urea groups is 1. The molecule has 2 aromatic carbocycles. The summed E-state index contributed by atoms with van der Waals surface area (Å²) in [6.07, 6.45) is 0. The van der Waals surface area contributed by atoms with Crippen LogP contribution in [0, 0.1) is 25.5 Å². The van der Waals surface area contributed by atoms with Gasteiger partial charge in [-0.3, -0.25) is 4.90 Å². The van der Waals surface area contributed by atoms with Crippen LogP contribution in [0.3, 0.4) is 0 Å². The summed E-state index contributed by atoms with van der Waals surface area (Å²) in [5, 5.41) is 5.39. The number of amides is 2. The van der Waals surface area contributed by atoms with Gasteiger partial charge in [0.15, 0.2) is 11.6 Å². The molecule has 186 valence electrons. The third kappa shape index (κ3) is 5.45. The molecule has 2 aliphatic heterocycles. The molecule has 35 heavy (non-hydrogen) atoms. The van der Waals surface area contributed by atoms with E-state index in [0.717, 1.165) is 38.3 Å². The fraction of sp³-hybridized carbons (Fsp3) is 0.385. The van der Waals surface area contributed by atoms with Gasteiger partial charge in [0, 0.05) is 44.1 Å². The van der Waals surface area contributed by atoms with Gasteiger partial charge in [0.05, 0.1) is 18.2 Å². The Bertz CT molecular complexity index is 1160. The molecule has 4 rings (SSSR count). The maximum atomic E-state index is 14.0. The van der Waals surface area contributed by atoms with Gasteiger partial charge in [-0.05, 0) is 50.1 Å². The number of esters is 1. The van der Waals surface area contributed by atoms with Gasteiger partial charge < -0.3 is 20.3 Å². The summed E-state index contributed by atoms with van der Waals surface area (Å²) in [5.74, 6) is -2.67. The van der Waals surface area contributed by atoms with Crippen LogP contribution in [0.5, 0.6) is 0 Å². The molecule has 1 atom stereocenters. The van der Waals surface area contributed by atoms with Gasteiger partial charge >= 0.3 is 12.0 Å². The van der Waals surface area contributed by atoms with Gasteiger partial charge in [-0.2, -0.15) is 0 Å². The van der Waals surface area contributed by atoms with E-state index >= 15 is 0 Å². The SMILES string of the molecule is CCOC(=O)C1=C(CN2CCN(c3ccc(C)cc3C)CC2)NC(=O)NC1c1ccc(F)c(F)c1. The highest BCUT2D eigenvalue weighted by Gasteiger charge is 2.35. The first kappa shape index (κ1) is 24.7. The zero-order chi connectivity index (χ0) is 25.1. The van der Waals surface area contributed by atoms with Crippen LogP contribution < -0.4 is 15.5 Å². The quantitative estimate of drug-likeness (QED) is 0.614. The average Bonchev–Trinajstić information content (AvgIpc) is 2.81. The second kappa shape index (κ2) is 10.4. The van der Waals surface area contributed by atoms with Crippen LogP contribution in [-0.4, -0.2) is 56.2 Å². The molecule has 2 amide bonds. The largest absolute Gasteiger partial charge is 0.463 e. The highest BCUT2D eigenvalue weighted by Crippen LogP contribution is 2.30. The molecule has 2 aromatic rings. The number of benzene rings is 2. The molecule has 2 heterocycles. The molecule has 2 aliphatic rings. The number of piperazine rings is 1. The molecular weight excluding hydrogens is 454 g/mol. The number of hydrogen-bond donors (Lipinski definition) is 2. The molecule has 1 unspecified atom stereocenters. The summed E-state index contributed by atoms with van der Waals surface area (Å²) in [6, 6.07) is 8.27. The molecule has 7 nitrogen and oxygen atoms in total. The maximum absolute atomic E-state index is 14.0. The first-order valence-corrected chi connectivity index (χ1v) is 11.7. The van der Waals surface area contributed by atoms with Gasteiger partial charge in [-0.1, -0.05) is 23.8 Å². The van der Waals surface area contributed by atoms with Crippen LogP contribution in [0.4, 0.5) is 19.3 Å². The summed E-state index contributed by atoms with van der Waals surface area (Å²) in [6.45, 7) is 9.38. The number of carbonyl (C=O) groups is 2. The second-order valence-electron chi connectivity index (χ2n) is 8.87. The third-order valence-electron chi connectivity index (χ3n) is 6.37. The van der Waals surface area contributed by atoms with Crippen molar-refractivity contribution in [3.63, 3.8) is 0 Å². The van der Waals surface area contributed by atoms with Crippen molar-refractivity contribution in [1.82, 2.24) is 15.5 Å². The number of anilines is 1. The van der Waals surface area contributed by atoms with Crippen molar-refractivity contribution < 1.29 is 23.1 Å². The average molecular weight is 485 g/mol. The standard InChI is InChI=1S/C26H30F2N4O3/c1-4-35-25(33)23-21(29-26(34)30-24(23)18-6-7-19(27)20(28)14-18)15-31-9-11-32(12-10-31)22-8-5-16(2)13-17(22)3/h5-8,13-14,24H,4,9-12,15H2,1-3H3,(H2,29,30,34). The molecule has 0 saturated carbocycles. The van der Waals surface area contributed by atoms with Gasteiger partial charge in [-0.25, -0.2) is 18.4 Å². The molecule has 2 N–H and O–H groups in total. The van der Waals surface area contributed by atoms with Gasteiger partial charge in [0.2, 0.25) is 0 Å². The molecule has 1 saturated heterocycles. The van der Waals surface area contributed by atoms with Crippen LogP contribution in [0.1, 0.15) is 29.7 Å². The number of hydrogen-bond acceptors (Lipinski definition) is 5. The number of ether oxygens (including phenoxy) is 1. The monoisotopic (exact) mass is 484 g/mol. The van der Waals surface area contributed by atoms with E-state index in [-0.39, 0.29) is 17.7 Å².